The Hall–Kier alpha value is -0.710. The highest BCUT2D eigenvalue weighted by atomic mass is 123. The highest BCUT2D eigenvalue weighted by molar-refractivity contribution is 14.1. The second kappa shape index (κ2) is 12.8. The maximum absolute atomic E-state index is 10.3. The summed E-state index contributed by atoms with van der Waals surface area (Å²) < 4.78 is 12.5. The number of thioether (sulfide) groups is 1. The number of aliphatic hydroxyl groups is 2. The van der Waals surface area contributed by atoms with Crippen LogP contribution in [0.3, 0.4) is 0 Å². The second-order valence-electron chi connectivity index (χ2n) is 8.79. The molecule has 2 atom stereocenters. The van der Waals surface area contributed by atoms with Crippen molar-refractivity contribution in [3.8, 4) is 11.5 Å². The van der Waals surface area contributed by atoms with E-state index in [4.69, 9.17) is 21.1 Å². The molecule has 2 aromatic rings. The molecule has 182 valence electrons. The minimum Gasteiger partial charge on any atom is -0.491 e. The lowest BCUT2D eigenvalue weighted by Gasteiger charge is -2.28. The molecule has 1 fully saturated rings. The quantitative estimate of drug-likeness (QED) is 0.295. The van der Waals surface area contributed by atoms with Crippen molar-refractivity contribution in [1.29, 1.82) is 0 Å². The van der Waals surface area contributed by atoms with Crippen molar-refractivity contribution < 1.29 is 19.7 Å². The van der Waals surface area contributed by atoms with Gasteiger partial charge in [-0.2, -0.15) is 11.8 Å². The fourth-order valence-electron chi connectivity index (χ4n) is 3.70. The van der Waals surface area contributed by atoms with E-state index in [-0.39, 0.29) is 17.9 Å². The van der Waals surface area contributed by atoms with Gasteiger partial charge in [-0.05, 0) is 58.0 Å². The van der Waals surface area contributed by atoms with Crippen LogP contribution in [-0.2, 0) is 5.41 Å². The summed E-state index contributed by atoms with van der Waals surface area (Å²) in [6.45, 7) is 7.58. The Morgan fingerprint density at radius 2 is 1.64 bits per heavy atom. The lowest BCUT2D eigenvalue weighted by atomic mass is 9.78. The molecule has 0 saturated carbocycles. The zero-order chi connectivity index (χ0) is 23.8. The third-order valence-corrected chi connectivity index (χ3v) is 8.00. The van der Waals surface area contributed by atoms with Gasteiger partial charge in [0.1, 0.15) is 36.9 Å². The molecule has 0 spiro atoms. The van der Waals surface area contributed by atoms with Gasteiger partial charge in [-0.1, -0.05) is 32.0 Å². The van der Waals surface area contributed by atoms with Crippen LogP contribution in [0.5, 0.6) is 11.5 Å². The van der Waals surface area contributed by atoms with Gasteiger partial charge in [0.2, 0.25) is 0 Å². The summed E-state index contributed by atoms with van der Waals surface area (Å²) in [5.74, 6) is 3.93. The van der Waals surface area contributed by atoms with Crippen LogP contribution in [0, 0.1) is 3.57 Å². The predicted octanol–water partition coefficient (Wildman–Crippen LogP) is 4.38. The van der Waals surface area contributed by atoms with E-state index in [1.165, 1.54) is 11.1 Å². The Balaban J connectivity index is 1.57. The van der Waals surface area contributed by atoms with Crippen molar-refractivity contribution in [1.82, 2.24) is 4.90 Å². The molecule has 1 aliphatic heterocycles. The van der Waals surface area contributed by atoms with Gasteiger partial charge in [-0.15, -0.1) is 11.6 Å². The number of halogens is 2. The number of ether oxygens (including phenoxy) is 2. The van der Waals surface area contributed by atoms with Crippen LogP contribution in [0.15, 0.2) is 42.5 Å². The van der Waals surface area contributed by atoms with E-state index in [0.29, 0.717) is 13.2 Å². The Kier molecular flexibility index (Phi) is 10.5. The van der Waals surface area contributed by atoms with Crippen LogP contribution < -0.4 is 9.47 Å². The van der Waals surface area contributed by atoms with Gasteiger partial charge in [0.25, 0.3) is 0 Å². The molecule has 3 rings (SSSR count). The van der Waals surface area contributed by atoms with Gasteiger partial charge in [0.05, 0.1) is 9.45 Å². The number of β-amino-alcohol motifs (C(OH)–C–C–N with tert-alkyl or cyclic N) is 1. The average molecular weight is 602 g/mol. The van der Waals surface area contributed by atoms with E-state index < -0.39 is 12.2 Å². The van der Waals surface area contributed by atoms with Gasteiger partial charge in [-0.25, -0.2) is 0 Å². The largest absolute Gasteiger partial charge is 0.491 e. The minimum atomic E-state index is -0.677. The van der Waals surface area contributed by atoms with E-state index >= 15 is 0 Å². The smallest absolute Gasteiger partial charge is 0.132 e. The first-order chi connectivity index (χ1) is 15.8. The molecule has 0 radical (unpaired) electrons. The van der Waals surface area contributed by atoms with E-state index in [1.807, 2.05) is 30.0 Å². The normalized spacial score (nSPS) is 16.9. The topological polar surface area (TPSA) is 62.2 Å². The molecule has 0 aromatic heterocycles. The van der Waals surface area contributed by atoms with Crippen LogP contribution >= 0.6 is 46.0 Å². The maximum Gasteiger partial charge on any atom is 0.132 e. The Bertz CT molecular complexity index is 877. The molecular weight excluding hydrogens is 569 g/mol. The summed E-state index contributed by atoms with van der Waals surface area (Å²) in [6, 6.07) is 14.2. The zero-order valence-corrected chi connectivity index (χ0v) is 22.9. The van der Waals surface area contributed by atoms with Crippen molar-refractivity contribution in [2.75, 3.05) is 50.2 Å². The molecule has 2 aromatic carbocycles. The number of hydrogen-bond donors (Lipinski definition) is 2. The lowest BCUT2D eigenvalue weighted by Crippen LogP contribution is -2.40. The van der Waals surface area contributed by atoms with Crippen LogP contribution in [0.1, 0.15) is 25.0 Å². The first-order valence-electron chi connectivity index (χ1n) is 11.2. The highest BCUT2D eigenvalue weighted by Gasteiger charge is 2.24. The fourth-order valence-corrected chi connectivity index (χ4v) is 5.44. The van der Waals surface area contributed by atoms with Crippen LogP contribution in [0.4, 0.5) is 0 Å². The number of rotatable bonds is 11. The van der Waals surface area contributed by atoms with Crippen molar-refractivity contribution in [2.45, 2.75) is 31.5 Å². The first-order valence-corrected chi connectivity index (χ1v) is 13.9. The first kappa shape index (κ1) is 26.9. The third-order valence-electron chi connectivity index (χ3n) is 5.85. The van der Waals surface area contributed by atoms with Gasteiger partial charge in [0, 0.05) is 36.6 Å². The molecule has 1 aliphatic rings. The molecule has 33 heavy (non-hydrogen) atoms. The summed E-state index contributed by atoms with van der Waals surface area (Å²) in [5, 5.41) is 19.9. The van der Waals surface area contributed by atoms with Gasteiger partial charge < -0.3 is 19.7 Å². The summed E-state index contributed by atoms with van der Waals surface area (Å²) >= 11 is 9.87. The standard InChI is InChI=1S/C25H33ClINO4S/c1-25(2,19-5-8-24(23(27)13-19)32-16-20(29)14-26)18-3-6-22(7-4-18)31-17-21(30)15-28-9-11-33-12-10-28/h3-8,13,20-21,29-30H,9-12,14-17H2,1-2H3/t20-,21+/m0/s1/i27-4. The molecule has 0 bridgehead atoms. The van der Waals surface area contributed by atoms with Crippen molar-refractivity contribution >= 4 is 46.0 Å². The lowest BCUT2D eigenvalue weighted by molar-refractivity contribution is 0.0715. The molecule has 0 aliphatic carbocycles. The Labute approximate surface area is 219 Å². The number of aliphatic hydroxyl groups excluding tert-OH is 2. The van der Waals surface area contributed by atoms with Gasteiger partial charge >= 0.3 is 0 Å². The van der Waals surface area contributed by atoms with Gasteiger partial charge in [-0.3, -0.25) is 4.90 Å². The molecule has 0 unspecified atom stereocenters. The second-order valence-corrected chi connectivity index (χ2v) is 11.5. The van der Waals surface area contributed by atoms with E-state index in [9.17, 15) is 10.2 Å². The van der Waals surface area contributed by atoms with Crippen molar-refractivity contribution in [3.63, 3.8) is 0 Å². The minimum absolute atomic E-state index is 0.151. The Morgan fingerprint density at radius 1 is 1.00 bits per heavy atom. The molecule has 8 heteroatoms. The zero-order valence-electron chi connectivity index (χ0n) is 19.2. The van der Waals surface area contributed by atoms with Gasteiger partial charge in [0.15, 0.2) is 0 Å². The monoisotopic (exact) mass is 601 g/mol. The third kappa shape index (κ3) is 7.90. The average Bonchev–Trinajstić information content (AvgIpc) is 2.82. The molecule has 2 N–H and O–H groups in total. The SMILES string of the molecule is CC(C)(c1ccc(OC[C@H](O)CN2CCSCC2)cc1)c1ccc(OC[C@@H](O)CCl)c([123I])c1. The van der Waals surface area contributed by atoms with Crippen LogP contribution in [0.2, 0.25) is 0 Å². The molecular formula is C25H33ClINO4S. The fraction of sp³-hybridized carbons (Fsp3) is 0.520. The number of benzene rings is 2. The van der Waals surface area contributed by atoms with Crippen LogP contribution in [0.25, 0.3) is 0 Å². The number of alkyl halides is 1. The number of hydrogen-bond acceptors (Lipinski definition) is 6. The molecule has 1 heterocycles. The Morgan fingerprint density at radius 3 is 2.27 bits per heavy atom. The summed E-state index contributed by atoms with van der Waals surface area (Å²) in [4.78, 5) is 2.30. The summed E-state index contributed by atoms with van der Waals surface area (Å²) in [7, 11) is 0. The van der Waals surface area contributed by atoms with E-state index in [0.717, 1.165) is 39.7 Å². The van der Waals surface area contributed by atoms with E-state index in [2.05, 4.69) is 65.6 Å². The summed E-state index contributed by atoms with van der Waals surface area (Å²) in [5.41, 5.74) is 2.13. The van der Waals surface area contributed by atoms with Crippen LogP contribution in [-0.4, -0.2) is 77.6 Å². The van der Waals surface area contributed by atoms with Crippen molar-refractivity contribution in [2.24, 2.45) is 0 Å². The van der Waals surface area contributed by atoms with E-state index in [1.54, 1.807) is 0 Å². The molecule has 1 saturated heterocycles. The predicted molar refractivity (Wildman–Crippen MR) is 145 cm³/mol. The molecule has 0 amide bonds. The summed E-state index contributed by atoms with van der Waals surface area (Å²) in [6.07, 6.45) is -1.16. The maximum atomic E-state index is 10.3. The van der Waals surface area contributed by atoms with Crippen molar-refractivity contribution in [3.05, 3.63) is 57.2 Å². The number of nitrogens with zero attached hydrogens (tertiary/aromatic N) is 1. The highest BCUT2D eigenvalue weighted by Crippen LogP contribution is 2.35. The molecule has 5 nitrogen and oxygen atoms in total.